The van der Waals surface area contributed by atoms with Crippen LogP contribution in [0.25, 0.3) is 27.8 Å². The normalized spacial score (nSPS) is 11.5. The summed E-state index contributed by atoms with van der Waals surface area (Å²) in [7, 11) is 1.60. The smallest absolute Gasteiger partial charge is 0.241 e. The zero-order valence-electron chi connectivity index (χ0n) is 15.6. The summed E-state index contributed by atoms with van der Waals surface area (Å²) in [5, 5.41) is 8.34. The predicted molar refractivity (Wildman–Crippen MR) is 101 cm³/mol. The second kappa shape index (κ2) is 6.15. The molecule has 140 valence electrons. The molecule has 9 heteroatoms. The molecule has 0 aliphatic heterocycles. The first-order valence-corrected chi connectivity index (χ1v) is 8.76. The number of methoxy groups -OCH3 is 1. The maximum absolute atomic E-state index is 5.42. The number of hydrogen-bond acceptors (Lipinski definition) is 7. The van der Waals surface area contributed by atoms with Crippen LogP contribution in [0.2, 0.25) is 0 Å². The van der Waals surface area contributed by atoms with E-state index < -0.39 is 0 Å². The van der Waals surface area contributed by atoms with Gasteiger partial charge in [-0.2, -0.15) is 10.1 Å². The molecule has 5 aromatic rings. The second-order valence-electron chi connectivity index (χ2n) is 6.53. The van der Waals surface area contributed by atoms with Crippen molar-refractivity contribution in [1.82, 2.24) is 34.3 Å². The fourth-order valence-electron chi connectivity index (χ4n) is 3.43. The summed E-state index contributed by atoms with van der Waals surface area (Å²) in [4.78, 5) is 13.3. The number of nitrogens with zero attached hydrogens (tertiary/aromatic N) is 7. The third-order valence-corrected chi connectivity index (χ3v) is 4.72. The SMILES string of the molecule is COc1ncnn2ccc(-c3cnc4nc(C)n(Cc5cc(C)on5)c4c3)c12. The van der Waals surface area contributed by atoms with Crippen molar-refractivity contribution < 1.29 is 9.26 Å². The second-order valence-corrected chi connectivity index (χ2v) is 6.53. The van der Waals surface area contributed by atoms with Gasteiger partial charge in [0.05, 0.1) is 19.2 Å². The van der Waals surface area contributed by atoms with Crippen LogP contribution in [-0.2, 0) is 6.54 Å². The van der Waals surface area contributed by atoms with Crippen LogP contribution in [0.3, 0.4) is 0 Å². The molecule has 0 atom stereocenters. The zero-order chi connectivity index (χ0) is 19.3. The van der Waals surface area contributed by atoms with Crippen molar-refractivity contribution in [3.8, 4) is 17.0 Å². The van der Waals surface area contributed by atoms with Crippen molar-refractivity contribution >= 4 is 16.7 Å². The first kappa shape index (κ1) is 16.4. The van der Waals surface area contributed by atoms with Crippen LogP contribution in [0.15, 0.2) is 41.4 Å². The highest BCUT2D eigenvalue weighted by Gasteiger charge is 2.16. The number of pyridine rings is 1. The average Bonchev–Trinajstić information content (AvgIpc) is 3.39. The number of aryl methyl sites for hydroxylation is 2. The largest absolute Gasteiger partial charge is 0.479 e. The summed E-state index contributed by atoms with van der Waals surface area (Å²) < 4.78 is 14.4. The first-order valence-electron chi connectivity index (χ1n) is 8.76. The van der Waals surface area contributed by atoms with Crippen molar-refractivity contribution in [2.45, 2.75) is 20.4 Å². The maximum atomic E-state index is 5.42. The highest BCUT2D eigenvalue weighted by molar-refractivity contribution is 5.87. The molecular formula is C19H17N7O2. The Morgan fingerprint density at radius 1 is 1.18 bits per heavy atom. The third-order valence-electron chi connectivity index (χ3n) is 4.72. The van der Waals surface area contributed by atoms with E-state index in [9.17, 15) is 0 Å². The Morgan fingerprint density at radius 2 is 2.07 bits per heavy atom. The molecule has 0 amide bonds. The van der Waals surface area contributed by atoms with Gasteiger partial charge in [-0.3, -0.25) is 0 Å². The van der Waals surface area contributed by atoms with Crippen molar-refractivity contribution in [3.05, 3.63) is 54.2 Å². The molecule has 0 fully saturated rings. The fraction of sp³-hybridized carbons (Fsp3) is 0.211. The monoisotopic (exact) mass is 375 g/mol. The van der Waals surface area contributed by atoms with Gasteiger partial charge in [-0.25, -0.2) is 14.5 Å². The molecular weight excluding hydrogens is 358 g/mol. The van der Waals surface area contributed by atoms with Crippen LogP contribution in [-0.4, -0.2) is 41.4 Å². The van der Waals surface area contributed by atoms with Gasteiger partial charge in [-0.15, -0.1) is 0 Å². The molecule has 0 saturated heterocycles. The fourth-order valence-corrected chi connectivity index (χ4v) is 3.43. The van der Waals surface area contributed by atoms with E-state index in [1.54, 1.807) is 17.8 Å². The minimum atomic E-state index is 0.512. The lowest BCUT2D eigenvalue weighted by Gasteiger charge is -2.06. The molecule has 28 heavy (non-hydrogen) atoms. The van der Waals surface area contributed by atoms with Gasteiger partial charge in [0.15, 0.2) is 5.65 Å². The molecule has 9 nitrogen and oxygen atoms in total. The van der Waals surface area contributed by atoms with E-state index in [1.165, 1.54) is 6.33 Å². The van der Waals surface area contributed by atoms with E-state index in [1.807, 2.05) is 32.2 Å². The summed E-state index contributed by atoms with van der Waals surface area (Å²) >= 11 is 0. The van der Waals surface area contributed by atoms with Gasteiger partial charge in [0, 0.05) is 29.6 Å². The van der Waals surface area contributed by atoms with Crippen LogP contribution >= 0.6 is 0 Å². The van der Waals surface area contributed by atoms with E-state index in [0.29, 0.717) is 18.1 Å². The molecule has 5 aromatic heterocycles. The molecule has 0 spiro atoms. The molecule has 0 N–H and O–H groups in total. The summed E-state index contributed by atoms with van der Waals surface area (Å²) in [6.07, 6.45) is 5.15. The highest BCUT2D eigenvalue weighted by Crippen LogP contribution is 2.31. The summed E-state index contributed by atoms with van der Waals surface area (Å²) in [5.41, 5.74) is 5.12. The lowest BCUT2D eigenvalue weighted by Crippen LogP contribution is -2.02. The quantitative estimate of drug-likeness (QED) is 0.476. The Labute approximate surface area is 159 Å². The number of imidazole rings is 1. The summed E-state index contributed by atoms with van der Waals surface area (Å²) in [5.74, 6) is 2.16. The van der Waals surface area contributed by atoms with Crippen molar-refractivity contribution in [3.63, 3.8) is 0 Å². The maximum Gasteiger partial charge on any atom is 0.241 e. The molecule has 5 rings (SSSR count). The predicted octanol–water partition coefficient (Wildman–Crippen LogP) is 2.80. The highest BCUT2D eigenvalue weighted by atomic mass is 16.5. The minimum Gasteiger partial charge on any atom is -0.479 e. The van der Waals surface area contributed by atoms with Crippen molar-refractivity contribution in [1.29, 1.82) is 0 Å². The number of rotatable bonds is 4. The van der Waals surface area contributed by atoms with Crippen molar-refractivity contribution in [2.24, 2.45) is 0 Å². The van der Waals surface area contributed by atoms with Gasteiger partial charge < -0.3 is 13.8 Å². The average molecular weight is 375 g/mol. The van der Waals surface area contributed by atoms with Crippen molar-refractivity contribution in [2.75, 3.05) is 7.11 Å². The van der Waals surface area contributed by atoms with E-state index in [2.05, 4.69) is 35.8 Å². The minimum absolute atomic E-state index is 0.512. The van der Waals surface area contributed by atoms with Gasteiger partial charge in [0.25, 0.3) is 0 Å². The molecule has 5 heterocycles. The number of hydrogen-bond donors (Lipinski definition) is 0. The number of aromatic nitrogens is 7. The molecule has 0 aliphatic rings. The number of fused-ring (bicyclic) bond motifs is 2. The molecule has 0 unspecified atom stereocenters. The van der Waals surface area contributed by atoms with Gasteiger partial charge in [-0.05, 0) is 26.0 Å². The van der Waals surface area contributed by atoms with E-state index in [0.717, 1.165) is 39.4 Å². The van der Waals surface area contributed by atoms with Crippen LogP contribution in [0.1, 0.15) is 17.3 Å². The van der Waals surface area contributed by atoms with Crippen LogP contribution in [0, 0.1) is 13.8 Å². The third kappa shape index (κ3) is 2.51. The Balaban J connectivity index is 1.67. The van der Waals surface area contributed by atoms with Gasteiger partial charge >= 0.3 is 0 Å². The zero-order valence-corrected chi connectivity index (χ0v) is 15.6. The van der Waals surface area contributed by atoms with Gasteiger partial charge in [0.2, 0.25) is 5.88 Å². The van der Waals surface area contributed by atoms with Crippen LogP contribution < -0.4 is 4.74 Å². The standard InChI is InChI=1S/C19H17N7O2/c1-11-6-14(24-28-11)9-25-12(2)23-18-16(25)7-13(8-20-18)15-4-5-26-17(15)19(27-3)21-10-22-26/h4-8,10H,9H2,1-3H3. The first-order chi connectivity index (χ1) is 13.6. The molecule has 0 saturated carbocycles. The topological polar surface area (TPSA) is 96.2 Å². The Hall–Kier alpha value is -3.75. The van der Waals surface area contributed by atoms with Crippen LogP contribution in [0.4, 0.5) is 0 Å². The lowest BCUT2D eigenvalue weighted by molar-refractivity contribution is 0.389. The Morgan fingerprint density at radius 3 is 2.86 bits per heavy atom. The number of ether oxygens (including phenoxy) is 1. The van der Waals surface area contributed by atoms with Crippen LogP contribution in [0.5, 0.6) is 5.88 Å². The molecule has 0 aromatic carbocycles. The molecule has 0 aliphatic carbocycles. The Kier molecular flexibility index (Phi) is 3.61. The van der Waals surface area contributed by atoms with E-state index >= 15 is 0 Å². The van der Waals surface area contributed by atoms with Gasteiger partial charge in [0.1, 0.15) is 29.1 Å². The van der Waals surface area contributed by atoms with E-state index in [-0.39, 0.29) is 0 Å². The lowest BCUT2D eigenvalue weighted by atomic mass is 10.1. The summed E-state index contributed by atoms with van der Waals surface area (Å²) in [6, 6.07) is 5.97. The molecule has 0 radical (unpaired) electrons. The molecule has 0 bridgehead atoms. The van der Waals surface area contributed by atoms with E-state index in [4.69, 9.17) is 9.26 Å². The van der Waals surface area contributed by atoms with Gasteiger partial charge in [-0.1, -0.05) is 5.16 Å². The summed E-state index contributed by atoms with van der Waals surface area (Å²) in [6.45, 7) is 4.40. The Bertz CT molecular complexity index is 1310.